The van der Waals surface area contributed by atoms with Crippen LogP contribution in [0.2, 0.25) is 0 Å². The van der Waals surface area contributed by atoms with Gasteiger partial charge in [0.15, 0.2) is 0 Å². The summed E-state index contributed by atoms with van der Waals surface area (Å²) in [5, 5.41) is 0. The minimum atomic E-state index is 0. The fraction of sp³-hybridized carbons (Fsp3) is 0. The maximum atomic E-state index is 0. The first-order valence-electron chi connectivity index (χ1n) is 0. The quantitative estimate of drug-likeness (QED) is 0.441. The van der Waals surface area contributed by atoms with Gasteiger partial charge in [0.2, 0.25) is 0 Å². The third-order valence-corrected chi connectivity index (χ3v) is 0. The SMILES string of the molecule is [Bi+3].[CH3-].[CH3-].[Cd+2]. The van der Waals surface area contributed by atoms with E-state index >= 15 is 0 Å². The Hall–Kier alpha value is 1.81. The van der Waals surface area contributed by atoms with Gasteiger partial charge in [0, 0.05) is 0 Å². The van der Waals surface area contributed by atoms with Crippen LogP contribution in [0, 0.1) is 14.9 Å². The van der Waals surface area contributed by atoms with Gasteiger partial charge in [-0.3, -0.25) is 0 Å². The van der Waals surface area contributed by atoms with E-state index in [2.05, 4.69) is 0 Å². The summed E-state index contributed by atoms with van der Waals surface area (Å²) in [4.78, 5) is 0. The Kier molecular flexibility index (Phi) is 220. The molecule has 0 saturated heterocycles. The van der Waals surface area contributed by atoms with Gasteiger partial charge in [-0.2, -0.15) is 0 Å². The summed E-state index contributed by atoms with van der Waals surface area (Å²) < 4.78 is 0. The molecule has 0 aliphatic rings. The van der Waals surface area contributed by atoms with Gasteiger partial charge in [0.05, 0.1) is 0 Å². The van der Waals surface area contributed by atoms with E-state index in [1.807, 2.05) is 0 Å². The van der Waals surface area contributed by atoms with E-state index in [-0.39, 0.29) is 68.4 Å². The molecule has 0 nitrogen and oxygen atoms in total. The molecule has 0 atom stereocenters. The monoisotopic (exact) mass is 353 g/mol. The van der Waals surface area contributed by atoms with Crippen LogP contribution in [0.1, 0.15) is 0 Å². The summed E-state index contributed by atoms with van der Waals surface area (Å²) in [6.45, 7) is 0. The topological polar surface area (TPSA) is 0 Å². The standard InChI is InChI=1S/2CH3.Bi.Cd/h2*1H3;;/q2*-1;+3;+2. The Morgan fingerprint density at radius 2 is 0.750 bits per heavy atom. The van der Waals surface area contributed by atoms with Crippen LogP contribution in [0.4, 0.5) is 0 Å². The van der Waals surface area contributed by atoms with Crippen molar-refractivity contribution in [3.8, 4) is 0 Å². The van der Waals surface area contributed by atoms with Crippen LogP contribution < -0.4 is 0 Å². The average Bonchev–Trinajstić information content (AvgIpc) is 0. The van der Waals surface area contributed by atoms with Crippen molar-refractivity contribution in [2.24, 2.45) is 0 Å². The van der Waals surface area contributed by atoms with E-state index in [9.17, 15) is 0 Å². The maximum Gasteiger partial charge on any atom is 3.00 e. The van der Waals surface area contributed by atoms with Gasteiger partial charge in [-0.25, -0.2) is 0 Å². The zero-order valence-corrected chi connectivity index (χ0v) is 10.7. The van der Waals surface area contributed by atoms with Gasteiger partial charge < -0.3 is 14.9 Å². The molecule has 0 amide bonds. The summed E-state index contributed by atoms with van der Waals surface area (Å²) in [6.07, 6.45) is 0. The van der Waals surface area contributed by atoms with Crippen LogP contribution in [0.15, 0.2) is 0 Å². The Morgan fingerprint density at radius 1 is 0.750 bits per heavy atom. The van der Waals surface area contributed by atoms with E-state index in [0.717, 1.165) is 0 Å². The summed E-state index contributed by atoms with van der Waals surface area (Å²) in [6, 6.07) is 0. The molecule has 2 radical (unpaired) electrons. The minimum absolute atomic E-state index is 0. The van der Waals surface area contributed by atoms with Crippen molar-refractivity contribution < 1.29 is 27.3 Å². The second-order valence-corrected chi connectivity index (χ2v) is 0. The fourth-order valence-corrected chi connectivity index (χ4v) is 0. The van der Waals surface area contributed by atoms with Crippen molar-refractivity contribution in [1.29, 1.82) is 0 Å². The van der Waals surface area contributed by atoms with Gasteiger partial charge in [-0.05, 0) is 0 Å². The first-order valence-corrected chi connectivity index (χ1v) is 0. The van der Waals surface area contributed by atoms with E-state index in [0.29, 0.717) is 0 Å². The molecule has 0 heterocycles. The summed E-state index contributed by atoms with van der Waals surface area (Å²) >= 11 is 0. The van der Waals surface area contributed by atoms with E-state index in [1.165, 1.54) is 0 Å². The van der Waals surface area contributed by atoms with Crippen LogP contribution in [-0.4, -0.2) is 26.2 Å². The normalized spacial score (nSPS) is 0. The van der Waals surface area contributed by atoms with Crippen LogP contribution in [-0.2, 0) is 27.3 Å². The first kappa shape index (κ1) is 41.1. The predicted octanol–water partition coefficient (Wildman–Crippen LogP) is 0.517. The summed E-state index contributed by atoms with van der Waals surface area (Å²) in [5.74, 6) is 0. The van der Waals surface area contributed by atoms with Crippen LogP contribution >= 0.6 is 0 Å². The maximum absolute atomic E-state index is 0. The van der Waals surface area contributed by atoms with Crippen molar-refractivity contribution in [2.75, 3.05) is 0 Å². The van der Waals surface area contributed by atoms with Crippen molar-refractivity contribution in [1.82, 2.24) is 0 Å². The first-order chi connectivity index (χ1) is 0. The van der Waals surface area contributed by atoms with E-state index in [1.54, 1.807) is 0 Å². The van der Waals surface area contributed by atoms with E-state index in [4.69, 9.17) is 0 Å². The third-order valence-electron chi connectivity index (χ3n) is 0. The molecule has 0 aromatic carbocycles. The van der Waals surface area contributed by atoms with Crippen molar-refractivity contribution in [2.45, 2.75) is 0 Å². The number of hydrogen-bond acceptors (Lipinski definition) is 0. The minimum Gasteiger partial charge on any atom is -0.358 e. The van der Waals surface area contributed by atoms with Crippen LogP contribution in [0.3, 0.4) is 0 Å². The fourth-order valence-electron chi connectivity index (χ4n) is 0. The largest absolute Gasteiger partial charge is 3.00 e. The third kappa shape index (κ3) is 9.19. The van der Waals surface area contributed by atoms with Gasteiger partial charge in [-0.15, -0.1) is 0 Å². The molecule has 0 aromatic rings. The molecule has 0 aliphatic heterocycles. The molecule has 0 bridgehead atoms. The zero-order chi connectivity index (χ0) is 0. The van der Waals surface area contributed by atoms with Crippen LogP contribution in [0.5, 0.6) is 0 Å². The Balaban J connectivity index is 0. The van der Waals surface area contributed by atoms with Gasteiger partial charge in [0.25, 0.3) is 0 Å². The van der Waals surface area contributed by atoms with Gasteiger partial charge >= 0.3 is 53.5 Å². The molecule has 18 valence electrons. The zero-order valence-electron chi connectivity index (χ0n) is 3.15. The molecule has 0 unspecified atom stereocenters. The molecule has 0 rings (SSSR count). The summed E-state index contributed by atoms with van der Waals surface area (Å²) in [5.41, 5.74) is 0. The second-order valence-electron chi connectivity index (χ2n) is 0. The van der Waals surface area contributed by atoms with Crippen molar-refractivity contribution in [3.63, 3.8) is 0 Å². The molecular formula is C2H6BiCd+3. The van der Waals surface area contributed by atoms with Crippen molar-refractivity contribution >= 4 is 26.2 Å². The predicted molar refractivity (Wildman–Crippen MR) is 18.6 cm³/mol. The molecule has 0 aliphatic carbocycles. The Bertz CT molecular complexity index is 6.00. The molecular weight excluding hydrogens is 345 g/mol. The molecule has 0 fully saturated rings. The van der Waals surface area contributed by atoms with Gasteiger partial charge in [-0.1, -0.05) is 0 Å². The molecule has 0 aromatic heterocycles. The molecule has 0 spiro atoms. The second kappa shape index (κ2) is 21.4. The van der Waals surface area contributed by atoms with Gasteiger partial charge in [0.1, 0.15) is 0 Å². The molecule has 0 saturated carbocycles. The Morgan fingerprint density at radius 3 is 0.750 bits per heavy atom. The van der Waals surface area contributed by atoms with E-state index < -0.39 is 0 Å². The molecule has 4 heavy (non-hydrogen) atoms. The van der Waals surface area contributed by atoms with Crippen LogP contribution in [0.25, 0.3) is 0 Å². The molecule has 0 N–H and O–H groups in total. The number of rotatable bonds is 0. The summed E-state index contributed by atoms with van der Waals surface area (Å²) in [7, 11) is 0. The average molecular weight is 351 g/mol. The van der Waals surface area contributed by atoms with Crippen molar-refractivity contribution in [3.05, 3.63) is 14.9 Å². The number of hydrogen-bond donors (Lipinski definition) is 0. The smallest absolute Gasteiger partial charge is 0.358 e. The Labute approximate surface area is 67.6 Å². The molecule has 2 heteroatoms.